The highest BCUT2D eigenvalue weighted by atomic mass is 16.5. The Morgan fingerprint density at radius 3 is 2.41 bits per heavy atom. The van der Waals surface area contributed by atoms with E-state index in [2.05, 4.69) is 48.3 Å². The number of amides is 1. The second-order valence-electron chi connectivity index (χ2n) is 7.51. The van der Waals surface area contributed by atoms with Crippen molar-refractivity contribution in [1.82, 2.24) is 10.2 Å². The molecule has 0 aromatic heterocycles. The molecule has 1 amide bonds. The fourth-order valence-corrected chi connectivity index (χ4v) is 3.51. The van der Waals surface area contributed by atoms with E-state index in [-0.39, 0.29) is 18.6 Å². The second-order valence-corrected chi connectivity index (χ2v) is 7.51. The van der Waals surface area contributed by atoms with Gasteiger partial charge in [-0.15, -0.1) is 0 Å². The zero-order chi connectivity index (χ0) is 19.2. The summed E-state index contributed by atoms with van der Waals surface area (Å²) in [6, 6.07) is 14.8. The minimum Gasteiger partial charge on any atom is -0.484 e. The Hall–Kier alpha value is -2.33. The van der Waals surface area contributed by atoms with E-state index >= 15 is 0 Å². The average molecular weight is 367 g/mol. The Morgan fingerprint density at radius 2 is 1.74 bits per heavy atom. The van der Waals surface area contributed by atoms with Gasteiger partial charge in [-0.3, -0.25) is 9.69 Å². The van der Waals surface area contributed by atoms with Crippen LogP contribution in [0.5, 0.6) is 5.75 Å². The third kappa shape index (κ3) is 5.33. The maximum absolute atomic E-state index is 12.3. The maximum Gasteiger partial charge on any atom is 0.258 e. The number of rotatable bonds is 7. The highest BCUT2D eigenvalue weighted by Crippen LogP contribution is 2.25. The summed E-state index contributed by atoms with van der Waals surface area (Å²) in [5, 5.41) is 3.06. The van der Waals surface area contributed by atoms with Crippen LogP contribution in [0.25, 0.3) is 0 Å². The van der Waals surface area contributed by atoms with Gasteiger partial charge < -0.3 is 10.1 Å². The lowest BCUT2D eigenvalue weighted by Crippen LogP contribution is -2.38. The molecule has 144 valence electrons. The molecular formula is C23H30N2O2. The van der Waals surface area contributed by atoms with Crippen molar-refractivity contribution in [3.63, 3.8) is 0 Å². The van der Waals surface area contributed by atoms with Crippen molar-refractivity contribution in [3.05, 3.63) is 64.7 Å². The fraction of sp³-hybridized carbons (Fsp3) is 0.435. The van der Waals surface area contributed by atoms with E-state index < -0.39 is 0 Å². The minimum absolute atomic E-state index is 0.0448. The first-order valence-corrected chi connectivity index (χ1v) is 9.80. The molecule has 2 aromatic rings. The van der Waals surface area contributed by atoms with Crippen molar-refractivity contribution in [2.24, 2.45) is 0 Å². The van der Waals surface area contributed by atoms with Gasteiger partial charge >= 0.3 is 0 Å². The van der Waals surface area contributed by atoms with Crippen LogP contribution in [-0.2, 0) is 4.79 Å². The first kappa shape index (κ1) is 19.4. The van der Waals surface area contributed by atoms with E-state index in [9.17, 15) is 4.79 Å². The Kier molecular flexibility index (Phi) is 6.51. The first-order chi connectivity index (χ1) is 13.0. The minimum atomic E-state index is -0.0791. The van der Waals surface area contributed by atoms with E-state index in [1.807, 2.05) is 25.1 Å². The zero-order valence-corrected chi connectivity index (χ0v) is 16.6. The Morgan fingerprint density at radius 1 is 1.04 bits per heavy atom. The molecule has 1 unspecified atom stereocenters. The lowest BCUT2D eigenvalue weighted by molar-refractivity contribution is -0.123. The third-order valence-electron chi connectivity index (χ3n) is 5.38. The smallest absolute Gasteiger partial charge is 0.258 e. The lowest BCUT2D eigenvalue weighted by atomic mass is 10.0. The number of aryl methyl sites for hydroxylation is 3. The quantitative estimate of drug-likeness (QED) is 0.807. The van der Waals surface area contributed by atoms with Crippen LogP contribution < -0.4 is 10.1 Å². The molecule has 1 heterocycles. The van der Waals surface area contributed by atoms with Crippen LogP contribution in [0.15, 0.2) is 42.5 Å². The summed E-state index contributed by atoms with van der Waals surface area (Å²) in [7, 11) is 0. The monoisotopic (exact) mass is 366 g/mol. The highest BCUT2D eigenvalue weighted by molar-refractivity contribution is 5.77. The van der Waals surface area contributed by atoms with Crippen LogP contribution >= 0.6 is 0 Å². The largest absolute Gasteiger partial charge is 0.484 e. The molecule has 1 aliphatic rings. The Bertz CT molecular complexity index is 764. The third-order valence-corrected chi connectivity index (χ3v) is 5.38. The molecule has 0 radical (unpaired) electrons. The van der Waals surface area contributed by atoms with Crippen molar-refractivity contribution < 1.29 is 9.53 Å². The maximum atomic E-state index is 12.3. The number of nitrogens with zero attached hydrogens (tertiary/aromatic N) is 1. The van der Waals surface area contributed by atoms with Crippen molar-refractivity contribution >= 4 is 5.91 Å². The van der Waals surface area contributed by atoms with Crippen molar-refractivity contribution in [2.45, 2.75) is 39.7 Å². The first-order valence-electron chi connectivity index (χ1n) is 9.80. The van der Waals surface area contributed by atoms with Crippen LogP contribution in [-0.4, -0.2) is 37.0 Å². The van der Waals surface area contributed by atoms with E-state index in [0.29, 0.717) is 6.54 Å². The fourth-order valence-electron chi connectivity index (χ4n) is 3.51. The summed E-state index contributed by atoms with van der Waals surface area (Å²) in [5.74, 6) is 0.660. The van der Waals surface area contributed by atoms with E-state index in [0.717, 1.165) is 18.8 Å². The summed E-state index contributed by atoms with van der Waals surface area (Å²) in [4.78, 5) is 14.8. The molecule has 1 saturated heterocycles. The molecule has 1 fully saturated rings. The molecule has 0 bridgehead atoms. The molecule has 1 atom stereocenters. The molecule has 1 N–H and O–H groups in total. The SMILES string of the molecule is Cc1ccc(C(CNC(=O)COc2ccc(C)c(C)c2)N2CCCC2)cc1. The molecule has 2 aromatic carbocycles. The molecule has 3 rings (SSSR count). The number of benzene rings is 2. The molecule has 27 heavy (non-hydrogen) atoms. The van der Waals surface area contributed by atoms with E-state index in [4.69, 9.17) is 4.74 Å². The number of likely N-dealkylation sites (tertiary alicyclic amines) is 1. The lowest BCUT2D eigenvalue weighted by Gasteiger charge is -2.28. The second kappa shape index (κ2) is 9.05. The Balaban J connectivity index is 1.56. The van der Waals surface area contributed by atoms with Gasteiger partial charge in [0.15, 0.2) is 6.61 Å². The highest BCUT2D eigenvalue weighted by Gasteiger charge is 2.23. The molecule has 0 aliphatic carbocycles. The predicted molar refractivity (Wildman–Crippen MR) is 109 cm³/mol. The van der Waals surface area contributed by atoms with Crippen molar-refractivity contribution in [2.75, 3.05) is 26.2 Å². The van der Waals surface area contributed by atoms with Crippen molar-refractivity contribution in [1.29, 1.82) is 0 Å². The standard InChI is InChI=1S/C23H30N2O2/c1-17-6-9-20(10-7-17)22(25-12-4-5-13-25)15-24-23(26)16-27-21-11-8-18(2)19(3)14-21/h6-11,14,22H,4-5,12-13,15-16H2,1-3H3,(H,24,26). The van der Waals surface area contributed by atoms with Gasteiger partial charge in [0.1, 0.15) is 5.75 Å². The number of carbonyl (C=O) groups excluding carboxylic acids is 1. The van der Waals surface area contributed by atoms with Crippen LogP contribution in [0.3, 0.4) is 0 Å². The molecular weight excluding hydrogens is 336 g/mol. The number of hydrogen-bond donors (Lipinski definition) is 1. The predicted octanol–water partition coefficient (Wildman–Crippen LogP) is 3.94. The molecule has 4 nitrogen and oxygen atoms in total. The van der Waals surface area contributed by atoms with Crippen LogP contribution in [0.1, 0.15) is 41.1 Å². The topological polar surface area (TPSA) is 41.6 Å². The summed E-state index contributed by atoms with van der Waals surface area (Å²) < 4.78 is 5.66. The van der Waals surface area contributed by atoms with E-state index in [1.54, 1.807) is 0 Å². The summed E-state index contributed by atoms with van der Waals surface area (Å²) in [6.07, 6.45) is 2.46. The molecule has 1 aliphatic heterocycles. The van der Waals surface area contributed by atoms with Gasteiger partial charge in [-0.1, -0.05) is 35.9 Å². The molecule has 0 spiro atoms. The van der Waals surface area contributed by atoms with Gasteiger partial charge in [0.05, 0.1) is 6.04 Å². The van der Waals surface area contributed by atoms with Crippen molar-refractivity contribution in [3.8, 4) is 5.75 Å². The van der Waals surface area contributed by atoms with Gasteiger partial charge in [-0.05, 0) is 75.5 Å². The number of ether oxygens (including phenoxy) is 1. The van der Waals surface area contributed by atoms with Crippen LogP contribution in [0.4, 0.5) is 0 Å². The van der Waals surface area contributed by atoms with Gasteiger partial charge in [-0.2, -0.15) is 0 Å². The number of nitrogens with one attached hydrogen (secondary N) is 1. The number of carbonyl (C=O) groups is 1. The summed E-state index contributed by atoms with van der Waals surface area (Å²) in [6.45, 7) is 9.04. The van der Waals surface area contributed by atoms with Crippen LogP contribution in [0.2, 0.25) is 0 Å². The average Bonchev–Trinajstić information content (AvgIpc) is 3.19. The van der Waals surface area contributed by atoms with E-state index in [1.165, 1.54) is 35.1 Å². The normalized spacial score (nSPS) is 15.5. The van der Waals surface area contributed by atoms with Gasteiger partial charge in [-0.25, -0.2) is 0 Å². The zero-order valence-electron chi connectivity index (χ0n) is 16.6. The Labute approximate surface area is 162 Å². The molecule has 0 saturated carbocycles. The van der Waals surface area contributed by atoms with Gasteiger partial charge in [0.25, 0.3) is 5.91 Å². The van der Waals surface area contributed by atoms with Crippen LogP contribution in [0, 0.1) is 20.8 Å². The van der Waals surface area contributed by atoms with Gasteiger partial charge in [0.2, 0.25) is 0 Å². The number of hydrogen-bond acceptors (Lipinski definition) is 3. The summed E-state index contributed by atoms with van der Waals surface area (Å²) >= 11 is 0. The van der Waals surface area contributed by atoms with Gasteiger partial charge in [0, 0.05) is 6.54 Å². The summed E-state index contributed by atoms with van der Waals surface area (Å²) in [5.41, 5.74) is 4.90. The molecule has 4 heteroatoms.